The summed E-state index contributed by atoms with van der Waals surface area (Å²) in [5, 5.41) is 3.81. The zero-order chi connectivity index (χ0) is 23.8. The van der Waals surface area contributed by atoms with E-state index in [1.54, 1.807) is 31.5 Å². The molecule has 4 aromatic heterocycles. The summed E-state index contributed by atoms with van der Waals surface area (Å²) < 4.78 is 11.1. The van der Waals surface area contributed by atoms with E-state index in [0.717, 1.165) is 41.7 Å². The average Bonchev–Trinajstić information content (AvgIpc) is 3.65. The Morgan fingerprint density at radius 2 is 2.09 bits per heavy atom. The third-order valence-corrected chi connectivity index (χ3v) is 6.09. The highest BCUT2D eigenvalue weighted by Gasteiger charge is 2.31. The van der Waals surface area contributed by atoms with Gasteiger partial charge in [0, 0.05) is 31.3 Å². The molecule has 1 atom stereocenters. The molecule has 1 aromatic carbocycles. The molecule has 1 aliphatic heterocycles. The quantitative estimate of drug-likeness (QED) is 0.399. The third-order valence-electron chi connectivity index (χ3n) is 6.09. The molecular formula is C25H21N7O3. The van der Waals surface area contributed by atoms with Crippen molar-refractivity contribution in [1.82, 2.24) is 35.0 Å². The smallest absolute Gasteiger partial charge is 0.220 e. The molecule has 5 aromatic rings. The summed E-state index contributed by atoms with van der Waals surface area (Å²) in [5.41, 5.74) is 3.85. The van der Waals surface area contributed by atoms with Crippen LogP contribution in [0.1, 0.15) is 31.4 Å². The summed E-state index contributed by atoms with van der Waals surface area (Å²) in [6.45, 7) is 2.33. The molecule has 0 radical (unpaired) electrons. The van der Waals surface area contributed by atoms with E-state index < -0.39 is 0 Å². The molecule has 10 heteroatoms. The highest BCUT2D eigenvalue weighted by atomic mass is 16.5. The number of aromatic amines is 1. The lowest BCUT2D eigenvalue weighted by Crippen LogP contribution is -2.28. The number of carbonyl (C=O) groups is 1. The van der Waals surface area contributed by atoms with Crippen LogP contribution in [0.2, 0.25) is 0 Å². The Morgan fingerprint density at radius 3 is 2.83 bits per heavy atom. The predicted octanol–water partition coefficient (Wildman–Crippen LogP) is 4.55. The van der Waals surface area contributed by atoms with Crippen LogP contribution in [0.15, 0.2) is 65.8 Å². The van der Waals surface area contributed by atoms with Crippen molar-refractivity contribution in [3.63, 3.8) is 0 Å². The minimum Gasteiger partial charge on any atom is -0.455 e. The maximum absolute atomic E-state index is 12.3. The van der Waals surface area contributed by atoms with Crippen molar-refractivity contribution in [1.29, 1.82) is 0 Å². The molecule has 0 bridgehead atoms. The van der Waals surface area contributed by atoms with Crippen LogP contribution < -0.4 is 4.74 Å². The van der Waals surface area contributed by atoms with Gasteiger partial charge in [0.15, 0.2) is 5.82 Å². The van der Waals surface area contributed by atoms with E-state index in [9.17, 15) is 4.79 Å². The van der Waals surface area contributed by atoms with E-state index in [1.807, 2.05) is 35.2 Å². The molecule has 1 amide bonds. The number of amides is 1. The maximum Gasteiger partial charge on any atom is 0.220 e. The zero-order valence-electron chi connectivity index (χ0n) is 18.9. The van der Waals surface area contributed by atoms with Crippen molar-refractivity contribution in [2.24, 2.45) is 0 Å². The van der Waals surface area contributed by atoms with Gasteiger partial charge >= 0.3 is 0 Å². The SMILES string of the molecule is CC(=O)N1CCCC1c1cc2[nH]c(-c3ccccn3)nc2cc1Oc1ccc(-c2ncon2)nc1. The van der Waals surface area contributed by atoms with Crippen LogP contribution >= 0.6 is 0 Å². The zero-order valence-corrected chi connectivity index (χ0v) is 18.9. The number of hydrogen-bond donors (Lipinski definition) is 1. The lowest BCUT2D eigenvalue weighted by atomic mass is 10.0. The number of nitrogens with one attached hydrogen (secondary N) is 1. The van der Waals surface area contributed by atoms with Crippen molar-refractivity contribution in [2.45, 2.75) is 25.8 Å². The Balaban J connectivity index is 1.41. The number of aromatic nitrogens is 6. The monoisotopic (exact) mass is 467 g/mol. The minimum absolute atomic E-state index is 0.0449. The first-order valence-electron chi connectivity index (χ1n) is 11.3. The van der Waals surface area contributed by atoms with Gasteiger partial charge in [0.05, 0.1) is 23.3 Å². The first-order valence-corrected chi connectivity index (χ1v) is 11.3. The Hall–Kier alpha value is -4.60. The van der Waals surface area contributed by atoms with Crippen molar-refractivity contribution in [3.8, 4) is 34.5 Å². The van der Waals surface area contributed by atoms with Gasteiger partial charge < -0.3 is 19.1 Å². The highest BCUT2D eigenvalue weighted by molar-refractivity contribution is 5.82. The van der Waals surface area contributed by atoms with E-state index in [0.29, 0.717) is 28.8 Å². The normalized spacial score (nSPS) is 15.6. The molecule has 1 unspecified atom stereocenters. The number of ether oxygens (including phenoxy) is 1. The van der Waals surface area contributed by atoms with E-state index in [4.69, 9.17) is 14.2 Å². The van der Waals surface area contributed by atoms with Crippen LogP contribution in [-0.2, 0) is 4.79 Å². The fraction of sp³-hybridized carbons (Fsp3) is 0.200. The number of pyridine rings is 2. The average molecular weight is 467 g/mol. The summed E-state index contributed by atoms with van der Waals surface area (Å²) in [7, 11) is 0. The van der Waals surface area contributed by atoms with Gasteiger partial charge in [-0.25, -0.2) is 9.97 Å². The number of carbonyl (C=O) groups excluding carboxylic acids is 1. The van der Waals surface area contributed by atoms with Gasteiger partial charge in [-0.1, -0.05) is 11.2 Å². The number of H-pyrrole nitrogens is 1. The van der Waals surface area contributed by atoms with E-state index >= 15 is 0 Å². The van der Waals surface area contributed by atoms with Crippen LogP contribution in [0.25, 0.3) is 34.1 Å². The van der Waals surface area contributed by atoms with Crippen molar-refractivity contribution in [2.75, 3.05) is 6.54 Å². The summed E-state index contributed by atoms with van der Waals surface area (Å²) in [6, 6.07) is 13.1. The lowest BCUT2D eigenvalue weighted by Gasteiger charge is -2.25. The van der Waals surface area contributed by atoms with Gasteiger partial charge in [0.25, 0.3) is 0 Å². The highest BCUT2D eigenvalue weighted by Crippen LogP contribution is 2.41. The third kappa shape index (κ3) is 3.99. The molecule has 0 spiro atoms. The Bertz CT molecular complexity index is 1480. The van der Waals surface area contributed by atoms with Gasteiger partial charge in [-0.15, -0.1) is 0 Å². The number of nitrogens with zero attached hydrogens (tertiary/aromatic N) is 6. The molecule has 1 fully saturated rings. The first-order chi connectivity index (χ1) is 17.2. The lowest BCUT2D eigenvalue weighted by molar-refractivity contribution is -0.129. The van der Waals surface area contributed by atoms with E-state index in [1.165, 1.54) is 6.39 Å². The van der Waals surface area contributed by atoms with Gasteiger partial charge in [0.2, 0.25) is 18.1 Å². The van der Waals surface area contributed by atoms with Gasteiger partial charge in [-0.2, -0.15) is 4.98 Å². The standard InChI is InChI=1S/C25H21N7O3/c1-15(33)32-10-4-6-22(32)17-11-20-21(30-25(29-20)18-5-2-3-9-26-18)12-23(17)35-16-7-8-19(27-13-16)24-28-14-34-31-24/h2-3,5,7-9,11-14,22H,4,6,10H2,1H3,(H,29,30). The molecule has 10 nitrogen and oxygen atoms in total. The summed E-state index contributed by atoms with van der Waals surface area (Å²) in [4.78, 5) is 35.1. The Kier molecular flexibility index (Phi) is 5.17. The number of hydrogen-bond acceptors (Lipinski definition) is 8. The molecule has 0 saturated carbocycles. The van der Waals surface area contributed by atoms with Gasteiger partial charge in [-0.05, 0) is 43.2 Å². The second kappa shape index (κ2) is 8.64. The van der Waals surface area contributed by atoms with Crippen LogP contribution in [-0.4, -0.2) is 47.4 Å². The number of rotatable bonds is 5. The number of fused-ring (bicyclic) bond motifs is 1. The van der Waals surface area contributed by atoms with E-state index in [2.05, 4.69) is 25.1 Å². The fourth-order valence-electron chi connectivity index (χ4n) is 4.48. The van der Waals surface area contributed by atoms with Crippen molar-refractivity contribution in [3.05, 3.63) is 66.8 Å². The second-order valence-corrected chi connectivity index (χ2v) is 8.31. The van der Waals surface area contributed by atoms with Crippen LogP contribution in [0.3, 0.4) is 0 Å². The minimum atomic E-state index is -0.0833. The van der Waals surface area contributed by atoms with Gasteiger partial charge in [0.1, 0.15) is 22.9 Å². The number of likely N-dealkylation sites (tertiary alicyclic amines) is 1. The molecule has 0 aliphatic carbocycles. The molecule has 6 rings (SSSR count). The van der Waals surface area contributed by atoms with Crippen LogP contribution in [0.5, 0.6) is 11.5 Å². The topological polar surface area (TPSA) is 123 Å². The van der Waals surface area contributed by atoms with Crippen LogP contribution in [0, 0.1) is 0 Å². The van der Waals surface area contributed by atoms with Crippen molar-refractivity contribution >= 4 is 16.9 Å². The maximum atomic E-state index is 12.3. The molecule has 1 saturated heterocycles. The molecular weight excluding hydrogens is 446 g/mol. The number of benzene rings is 1. The predicted molar refractivity (Wildman–Crippen MR) is 126 cm³/mol. The second-order valence-electron chi connectivity index (χ2n) is 8.31. The van der Waals surface area contributed by atoms with E-state index in [-0.39, 0.29) is 11.9 Å². The largest absolute Gasteiger partial charge is 0.455 e. The Labute approximate surface area is 200 Å². The summed E-state index contributed by atoms with van der Waals surface area (Å²) in [6.07, 6.45) is 6.40. The molecule has 174 valence electrons. The van der Waals surface area contributed by atoms with Crippen molar-refractivity contribution < 1.29 is 14.1 Å². The summed E-state index contributed by atoms with van der Waals surface area (Å²) >= 11 is 0. The number of imidazole rings is 1. The Morgan fingerprint density at radius 1 is 1.14 bits per heavy atom. The fourth-order valence-corrected chi connectivity index (χ4v) is 4.48. The summed E-state index contributed by atoms with van der Waals surface area (Å²) in [5.74, 6) is 2.29. The molecule has 1 aliphatic rings. The van der Waals surface area contributed by atoms with Gasteiger partial charge in [-0.3, -0.25) is 9.78 Å². The van der Waals surface area contributed by atoms with Crippen LogP contribution in [0.4, 0.5) is 0 Å². The first kappa shape index (κ1) is 21.0. The molecule has 35 heavy (non-hydrogen) atoms. The molecule has 5 heterocycles. The molecule has 1 N–H and O–H groups in total.